The molecule has 0 aromatic carbocycles. The van der Waals surface area contributed by atoms with Crippen molar-refractivity contribution in [2.45, 2.75) is 25.9 Å². The lowest BCUT2D eigenvalue weighted by atomic mass is 10.00. The average Bonchev–Trinajstić information content (AvgIpc) is 2.84. The van der Waals surface area contributed by atoms with Crippen molar-refractivity contribution in [3.8, 4) is 0 Å². The number of rotatable bonds is 1. The van der Waals surface area contributed by atoms with Gasteiger partial charge in [-0.25, -0.2) is 0 Å². The zero-order chi connectivity index (χ0) is 10.4. The fraction of sp³-hybridized carbons (Fsp3) is 0.800. The molecule has 1 saturated heterocycles. The van der Waals surface area contributed by atoms with Crippen LogP contribution in [-0.2, 0) is 0 Å². The highest BCUT2D eigenvalue weighted by molar-refractivity contribution is 7.15. The quantitative estimate of drug-likeness (QED) is 0.776. The van der Waals surface area contributed by atoms with Crippen molar-refractivity contribution in [2.75, 3.05) is 18.0 Å². The third-order valence-electron chi connectivity index (χ3n) is 3.60. The summed E-state index contributed by atoms with van der Waals surface area (Å²) in [6.07, 6.45) is 2.06. The second-order valence-electron chi connectivity index (χ2n) is 4.58. The smallest absolute Gasteiger partial charge is 0.208 e. The minimum atomic E-state index is -0.0889. The first-order valence-electron chi connectivity index (χ1n) is 5.47. The van der Waals surface area contributed by atoms with Gasteiger partial charge in [-0.3, -0.25) is 0 Å². The molecule has 82 valence electrons. The lowest BCUT2D eigenvalue weighted by molar-refractivity contribution is 0.133. The molecule has 0 spiro atoms. The monoisotopic (exact) mass is 225 g/mol. The van der Waals surface area contributed by atoms with E-state index in [2.05, 4.69) is 15.1 Å². The molecule has 1 aliphatic carbocycles. The molecule has 15 heavy (non-hydrogen) atoms. The zero-order valence-electron chi connectivity index (χ0n) is 8.76. The van der Waals surface area contributed by atoms with E-state index in [1.54, 1.807) is 11.3 Å². The maximum absolute atomic E-state index is 9.81. The molecule has 0 amide bonds. The summed E-state index contributed by atoms with van der Waals surface area (Å²) in [7, 11) is 0. The molecule has 3 atom stereocenters. The molecule has 0 radical (unpaired) electrons. The van der Waals surface area contributed by atoms with E-state index in [1.807, 2.05) is 6.92 Å². The van der Waals surface area contributed by atoms with E-state index in [0.29, 0.717) is 11.8 Å². The third kappa shape index (κ3) is 1.54. The number of nitrogens with zero attached hydrogens (tertiary/aromatic N) is 3. The van der Waals surface area contributed by atoms with Gasteiger partial charge in [0.25, 0.3) is 0 Å². The van der Waals surface area contributed by atoms with E-state index in [9.17, 15) is 5.11 Å². The van der Waals surface area contributed by atoms with Crippen LogP contribution in [0.15, 0.2) is 0 Å². The molecular formula is C10H15N3OS. The number of aromatic nitrogens is 2. The van der Waals surface area contributed by atoms with E-state index in [1.165, 1.54) is 6.42 Å². The lowest BCUT2D eigenvalue weighted by Gasteiger charge is -2.16. The first-order chi connectivity index (χ1) is 7.24. The van der Waals surface area contributed by atoms with Crippen LogP contribution in [0, 0.1) is 18.8 Å². The van der Waals surface area contributed by atoms with Gasteiger partial charge in [-0.15, -0.1) is 10.2 Å². The Morgan fingerprint density at radius 3 is 2.87 bits per heavy atom. The zero-order valence-corrected chi connectivity index (χ0v) is 9.57. The molecule has 3 unspecified atom stereocenters. The van der Waals surface area contributed by atoms with Gasteiger partial charge >= 0.3 is 0 Å². The molecule has 2 heterocycles. The molecule has 2 aliphatic rings. The Balaban J connectivity index is 1.77. The summed E-state index contributed by atoms with van der Waals surface area (Å²) in [6.45, 7) is 3.99. The van der Waals surface area contributed by atoms with Crippen molar-refractivity contribution >= 4 is 16.5 Å². The Kier molecular flexibility index (Phi) is 2.17. The summed E-state index contributed by atoms with van der Waals surface area (Å²) in [5.74, 6) is 1.14. The summed E-state index contributed by atoms with van der Waals surface area (Å²) in [5.41, 5.74) is 0. The van der Waals surface area contributed by atoms with Crippen molar-refractivity contribution in [3.63, 3.8) is 0 Å². The van der Waals surface area contributed by atoms with Gasteiger partial charge in [0.15, 0.2) is 0 Å². The first-order valence-corrected chi connectivity index (χ1v) is 6.29. The summed E-state index contributed by atoms with van der Waals surface area (Å²) in [5, 5.41) is 20.0. The second-order valence-corrected chi connectivity index (χ2v) is 5.74. The minimum Gasteiger partial charge on any atom is -0.393 e. The molecule has 0 bridgehead atoms. The minimum absolute atomic E-state index is 0.0889. The number of anilines is 1. The molecule has 1 aliphatic heterocycles. The molecule has 1 aromatic heterocycles. The molecule has 1 aromatic rings. The van der Waals surface area contributed by atoms with Gasteiger partial charge in [0, 0.05) is 19.0 Å². The number of aliphatic hydroxyl groups is 1. The Morgan fingerprint density at radius 1 is 1.33 bits per heavy atom. The van der Waals surface area contributed by atoms with Crippen LogP contribution in [0.2, 0.25) is 0 Å². The highest BCUT2D eigenvalue weighted by atomic mass is 32.1. The van der Waals surface area contributed by atoms with Gasteiger partial charge in [-0.2, -0.15) is 0 Å². The standard InChI is InChI=1S/C10H15N3OS/c1-6-11-12-10(15-6)13-4-7-2-3-9(14)8(7)5-13/h7-9,14H,2-5H2,1H3. The number of aliphatic hydroxyl groups excluding tert-OH is 1. The van der Waals surface area contributed by atoms with Crippen LogP contribution in [0.4, 0.5) is 5.13 Å². The molecular weight excluding hydrogens is 210 g/mol. The van der Waals surface area contributed by atoms with Crippen LogP contribution in [0.3, 0.4) is 0 Å². The number of hydrogen-bond donors (Lipinski definition) is 1. The largest absolute Gasteiger partial charge is 0.393 e. The predicted octanol–water partition coefficient (Wildman–Crippen LogP) is 1.05. The second kappa shape index (κ2) is 3.42. The summed E-state index contributed by atoms with van der Waals surface area (Å²) in [6, 6.07) is 0. The molecule has 3 rings (SSSR count). The molecule has 1 N–H and O–H groups in total. The van der Waals surface area contributed by atoms with Gasteiger partial charge in [-0.05, 0) is 25.7 Å². The van der Waals surface area contributed by atoms with Crippen LogP contribution in [0.25, 0.3) is 0 Å². The Labute approximate surface area is 92.9 Å². The number of hydrogen-bond acceptors (Lipinski definition) is 5. The van der Waals surface area contributed by atoms with Crippen LogP contribution >= 0.6 is 11.3 Å². The van der Waals surface area contributed by atoms with E-state index in [0.717, 1.165) is 29.6 Å². The molecule has 5 heteroatoms. The maximum Gasteiger partial charge on any atom is 0.208 e. The molecule has 1 saturated carbocycles. The normalized spacial score (nSPS) is 34.8. The summed E-state index contributed by atoms with van der Waals surface area (Å²) < 4.78 is 0. The maximum atomic E-state index is 9.81. The van der Waals surface area contributed by atoms with Gasteiger partial charge < -0.3 is 10.0 Å². The van der Waals surface area contributed by atoms with Gasteiger partial charge in [-0.1, -0.05) is 11.3 Å². The Morgan fingerprint density at radius 2 is 2.20 bits per heavy atom. The Hall–Kier alpha value is -0.680. The molecule has 2 fully saturated rings. The average molecular weight is 225 g/mol. The number of fused-ring (bicyclic) bond motifs is 1. The van der Waals surface area contributed by atoms with Crippen molar-refractivity contribution in [1.82, 2.24) is 10.2 Å². The SMILES string of the molecule is Cc1nnc(N2CC3CCC(O)C3C2)s1. The van der Waals surface area contributed by atoms with Gasteiger partial charge in [0.2, 0.25) is 5.13 Å². The predicted molar refractivity (Wildman–Crippen MR) is 59.1 cm³/mol. The van der Waals surface area contributed by atoms with Crippen molar-refractivity contribution < 1.29 is 5.11 Å². The topological polar surface area (TPSA) is 49.2 Å². The first kappa shape index (κ1) is 9.54. The van der Waals surface area contributed by atoms with Crippen LogP contribution in [-0.4, -0.2) is 34.5 Å². The highest BCUT2D eigenvalue weighted by Gasteiger charge is 2.42. The van der Waals surface area contributed by atoms with E-state index >= 15 is 0 Å². The fourth-order valence-corrected chi connectivity index (χ4v) is 3.51. The van der Waals surface area contributed by atoms with Crippen molar-refractivity contribution in [3.05, 3.63) is 5.01 Å². The van der Waals surface area contributed by atoms with Crippen molar-refractivity contribution in [1.29, 1.82) is 0 Å². The van der Waals surface area contributed by atoms with Crippen LogP contribution in [0.5, 0.6) is 0 Å². The van der Waals surface area contributed by atoms with Gasteiger partial charge in [0.05, 0.1) is 6.10 Å². The highest BCUT2D eigenvalue weighted by Crippen LogP contribution is 2.40. The van der Waals surface area contributed by atoms with Crippen LogP contribution < -0.4 is 4.90 Å². The van der Waals surface area contributed by atoms with Gasteiger partial charge in [0.1, 0.15) is 5.01 Å². The third-order valence-corrected chi connectivity index (χ3v) is 4.50. The summed E-state index contributed by atoms with van der Waals surface area (Å²) in [4.78, 5) is 2.28. The van der Waals surface area contributed by atoms with E-state index in [-0.39, 0.29) is 6.10 Å². The molecule has 4 nitrogen and oxygen atoms in total. The van der Waals surface area contributed by atoms with E-state index < -0.39 is 0 Å². The van der Waals surface area contributed by atoms with Crippen LogP contribution in [0.1, 0.15) is 17.8 Å². The van der Waals surface area contributed by atoms with Crippen molar-refractivity contribution in [2.24, 2.45) is 11.8 Å². The lowest BCUT2D eigenvalue weighted by Crippen LogP contribution is -2.24. The fourth-order valence-electron chi connectivity index (χ4n) is 2.81. The van der Waals surface area contributed by atoms with E-state index in [4.69, 9.17) is 0 Å². The Bertz CT molecular complexity index is 367. The summed E-state index contributed by atoms with van der Waals surface area (Å²) >= 11 is 1.65. The number of aryl methyl sites for hydroxylation is 1.